The molecule has 4 aromatic rings. The number of benzene rings is 4. The molecule has 0 radical (unpaired) electrons. The first-order valence-electron chi connectivity index (χ1n) is 10.3. The Hall–Kier alpha value is -4.07. The number of phenols is 1. The van der Waals surface area contributed by atoms with Crippen LogP contribution in [0.1, 0.15) is 26.3 Å². The molecule has 0 spiro atoms. The average molecular weight is 509 g/mol. The maximum atomic E-state index is 12.5. The highest BCUT2D eigenvalue weighted by atomic mass is 35.5. The number of fused-ring (bicyclic) bond motifs is 1. The fourth-order valence-electron chi connectivity index (χ4n) is 3.27. The van der Waals surface area contributed by atoms with Gasteiger partial charge in [0.25, 0.3) is 5.91 Å². The van der Waals surface area contributed by atoms with E-state index in [-0.39, 0.29) is 33.4 Å². The van der Waals surface area contributed by atoms with Crippen molar-refractivity contribution in [1.82, 2.24) is 5.43 Å². The molecule has 7 nitrogen and oxygen atoms in total. The number of carbonyl (C=O) groups is 2. The summed E-state index contributed by atoms with van der Waals surface area (Å²) in [5.74, 6) is -0.882. The molecule has 0 aliphatic heterocycles. The van der Waals surface area contributed by atoms with Gasteiger partial charge >= 0.3 is 5.97 Å². The van der Waals surface area contributed by atoms with Crippen LogP contribution in [0.5, 0.6) is 17.2 Å². The van der Waals surface area contributed by atoms with Crippen molar-refractivity contribution in [2.45, 2.75) is 0 Å². The number of ether oxygens (including phenoxy) is 2. The van der Waals surface area contributed by atoms with Crippen molar-refractivity contribution in [2.24, 2.45) is 5.10 Å². The predicted octanol–water partition coefficient (Wildman–Crippen LogP) is 5.84. The SMILES string of the molecule is COc1cc(C=NNC(=O)c2cc3ccccc3cc2O)ccc1OC(=O)c1ccc(Cl)c(Cl)c1. The largest absolute Gasteiger partial charge is 0.507 e. The zero-order chi connectivity index (χ0) is 24.9. The Balaban J connectivity index is 1.45. The summed E-state index contributed by atoms with van der Waals surface area (Å²) in [5, 5.41) is 16.3. The van der Waals surface area contributed by atoms with Gasteiger partial charge in [0.15, 0.2) is 11.5 Å². The first-order chi connectivity index (χ1) is 16.9. The second kappa shape index (κ2) is 10.5. The summed E-state index contributed by atoms with van der Waals surface area (Å²) in [6, 6.07) is 19.7. The number of nitrogens with one attached hydrogen (secondary N) is 1. The number of methoxy groups -OCH3 is 1. The van der Waals surface area contributed by atoms with Crippen LogP contribution in [0, 0.1) is 0 Å². The lowest BCUT2D eigenvalue weighted by Gasteiger charge is -2.10. The predicted molar refractivity (Wildman–Crippen MR) is 135 cm³/mol. The summed E-state index contributed by atoms with van der Waals surface area (Å²) < 4.78 is 10.7. The van der Waals surface area contributed by atoms with E-state index in [2.05, 4.69) is 10.5 Å². The zero-order valence-corrected chi connectivity index (χ0v) is 19.8. The molecule has 0 aliphatic carbocycles. The van der Waals surface area contributed by atoms with Crippen LogP contribution in [-0.2, 0) is 0 Å². The van der Waals surface area contributed by atoms with Gasteiger partial charge in [-0.25, -0.2) is 10.2 Å². The number of carbonyl (C=O) groups excluding carboxylic acids is 2. The molecule has 0 aromatic heterocycles. The Morgan fingerprint density at radius 2 is 1.66 bits per heavy atom. The third-order valence-electron chi connectivity index (χ3n) is 5.03. The molecule has 9 heteroatoms. The van der Waals surface area contributed by atoms with Gasteiger partial charge < -0.3 is 14.6 Å². The lowest BCUT2D eigenvalue weighted by atomic mass is 10.1. The molecule has 35 heavy (non-hydrogen) atoms. The van der Waals surface area contributed by atoms with E-state index >= 15 is 0 Å². The van der Waals surface area contributed by atoms with Gasteiger partial charge in [0.2, 0.25) is 0 Å². The minimum Gasteiger partial charge on any atom is -0.507 e. The maximum absolute atomic E-state index is 12.5. The van der Waals surface area contributed by atoms with Crippen molar-refractivity contribution < 1.29 is 24.2 Å². The second-order valence-corrected chi connectivity index (χ2v) is 8.16. The fraction of sp³-hybridized carbons (Fsp3) is 0.0385. The van der Waals surface area contributed by atoms with Gasteiger partial charge in [0, 0.05) is 0 Å². The van der Waals surface area contributed by atoms with Crippen molar-refractivity contribution in [2.75, 3.05) is 7.11 Å². The summed E-state index contributed by atoms with van der Waals surface area (Å²) >= 11 is 11.8. The number of phenolic OH excluding ortho intramolecular Hbond substituents is 1. The number of rotatable bonds is 6. The second-order valence-electron chi connectivity index (χ2n) is 7.34. The smallest absolute Gasteiger partial charge is 0.343 e. The quantitative estimate of drug-likeness (QED) is 0.147. The van der Waals surface area contributed by atoms with Gasteiger partial charge in [-0.05, 0) is 64.9 Å². The number of amides is 1. The van der Waals surface area contributed by atoms with Gasteiger partial charge in [-0.1, -0.05) is 47.5 Å². The summed E-state index contributed by atoms with van der Waals surface area (Å²) in [4.78, 5) is 24.9. The van der Waals surface area contributed by atoms with E-state index in [9.17, 15) is 14.7 Å². The van der Waals surface area contributed by atoms with Crippen LogP contribution in [0.3, 0.4) is 0 Å². The molecule has 0 aliphatic rings. The van der Waals surface area contributed by atoms with Crippen LogP contribution < -0.4 is 14.9 Å². The van der Waals surface area contributed by atoms with E-state index in [1.165, 1.54) is 43.7 Å². The van der Waals surface area contributed by atoms with Crippen molar-refractivity contribution in [1.29, 1.82) is 0 Å². The summed E-state index contributed by atoms with van der Waals surface area (Å²) in [6.07, 6.45) is 1.39. The normalized spacial score (nSPS) is 10.9. The average Bonchev–Trinajstić information content (AvgIpc) is 2.85. The van der Waals surface area contributed by atoms with Crippen LogP contribution in [0.25, 0.3) is 10.8 Å². The molecule has 0 fully saturated rings. The van der Waals surface area contributed by atoms with Gasteiger partial charge in [-0.15, -0.1) is 0 Å². The molecular weight excluding hydrogens is 491 g/mol. The third-order valence-corrected chi connectivity index (χ3v) is 5.77. The minimum absolute atomic E-state index is 0.1000. The summed E-state index contributed by atoms with van der Waals surface area (Å²) in [7, 11) is 1.43. The molecule has 0 saturated heterocycles. The fourth-order valence-corrected chi connectivity index (χ4v) is 3.56. The van der Waals surface area contributed by atoms with Crippen LogP contribution in [-0.4, -0.2) is 30.3 Å². The molecule has 4 rings (SSSR count). The van der Waals surface area contributed by atoms with E-state index in [1.807, 2.05) is 24.3 Å². The van der Waals surface area contributed by atoms with Crippen LogP contribution in [0.4, 0.5) is 0 Å². The number of hydrogen-bond acceptors (Lipinski definition) is 6. The van der Waals surface area contributed by atoms with Gasteiger partial charge in [-0.3, -0.25) is 4.79 Å². The molecule has 0 heterocycles. The highest BCUT2D eigenvalue weighted by Gasteiger charge is 2.15. The number of halogens is 2. The maximum Gasteiger partial charge on any atom is 0.343 e. The van der Waals surface area contributed by atoms with Crippen LogP contribution >= 0.6 is 23.2 Å². The highest BCUT2D eigenvalue weighted by molar-refractivity contribution is 6.42. The lowest BCUT2D eigenvalue weighted by molar-refractivity contribution is 0.0729. The molecule has 4 aromatic carbocycles. The van der Waals surface area contributed by atoms with Crippen molar-refractivity contribution >= 4 is 52.1 Å². The van der Waals surface area contributed by atoms with Crippen LogP contribution in [0.2, 0.25) is 10.0 Å². The molecule has 0 saturated carbocycles. The topological polar surface area (TPSA) is 97.2 Å². The molecule has 2 N–H and O–H groups in total. The molecule has 0 bridgehead atoms. The first kappa shape index (κ1) is 24.1. The molecular formula is C26H18Cl2N2O5. The van der Waals surface area contributed by atoms with E-state index in [0.29, 0.717) is 10.6 Å². The molecule has 0 unspecified atom stereocenters. The molecule has 0 atom stereocenters. The third kappa shape index (κ3) is 5.54. The Morgan fingerprint density at radius 1 is 0.914 bits per heavy atom. The Kier molecular flexibility index (Phi) is 7.19. The monoisotopic (exact) mass is 508 g/mol. The Bertz CT molecular complexity index is 1470. The summed E-state index contributed by atoms with van der Waals surface area (Å²) in [6.45, 7) is 0. The Morgan fingerprint density at radius 3 is 2.37 bits per heavy atom. The first-order valence-corrected chi connectivity index (χ1v) is 11.0. The standard InChI is InChI=1S/C26H18Cl2N2O5/c1-34-24-10-15(6-9-23(24)35-26(33)18-7-8-20(27)21(28)12-18)14-29-30-25(32)19-11-16-4-2-3-5-17(16)13-22(19)31/h2-14,31H,1H3,(H,30,32). The zero-order valence-electron chi connectivity index (χ0n) is 18.3. The Labute approximate surface area is 210 Å². The van der Waals surface area contributed by atoms with Crippen molar-refractivity contribution in [3.8, 4) is 17.2 Å². The van der Waals surface area contributed by atoms with Crippen molar-refractivity contribution in [3.63, 3.8) is 0 Å². The van der Waals surface area contributed by atoms with E-state index in [0.717, 1.165) is 10.8 Å². The van der Waals surface area contributed by atoms with Crippen molar-refractivity contribution in [3.05, 3.63) is 99.5 Å². The van der Waals surface area contributed by atoms with Gasteiger partial charge in [0.1, 0.15) is 5.75 Å². The van der Waals surface area contributed by atoms with Gasteiger partial charge in [-0.2, -0.15) is 5.10 Å². The van der Waals surface area contributed by atoms with E-state index < -0.39 is 11.9 Å². The number of hydrazone groups is 1. The van der Waals surface area contributed by atoms with Gasteiger partial charge in [0.05, 0.1) is 34.5 Å². The lowest BCUT2D eigenvalue weighted by Crippen LogP contribution is -2.17. The summed E-state index contributed by atoms with van der Waals surface area (Å²) in [5.41, 5.74) is 3.29. The number of esters is 1. The molecule has 176 valence electrons. The minimum atomic E-state index is -0.634. The molecule has 1 amide bonds. The van der Waals surface area contributed by atoms with E-state index in [1.54, 1.807) is 18.2 Å². The number of hydrogen-bond donors (Lipinski definition) is 2. The highest BCUT2D eigenvalue weighted by Crippen LogP contribution is 2.30. The number of nitrogens with zero attached hydrogens (tertiary/aromatic N) is 1. The number of aromatic hydroxyl groups is 1. The van der Waals surface area contributed by atoms with E-state index in [4.69, 9.17) is 32.7 Å². The van der Waals surface area contributed by atoms with Crippen LogP contribution in [0.15, 0.2) is 77.9 Å².